The summed E-state index contributed by atoms with van der Waals surface area (Å²) >= 11 is 0. The highest BCUT2D eigenvalue weighted by molar-refractivity contribution is 5.93. The molecule has 31 heavy (non-hydrogen) atoms. The monoisotopic (exact) mass is 423 g/mol. The summed E-state index contributed by atoms with van der Waals surface area (Å²) in [6.45, 7) is 10.1. The van der Waals surface area contributed by atoms with Crippen molar-refractivity contribution in [2.45, 2.75) is 41.0 Å². The van der Waals surface area contributed by atoms with E-state index in [-0.39, 0.29) is 11.5 Å². The van der Waals surface area contributed by atoms with Crippen LogP contribution in [0.15, 0.2) is 29.3 Å². The highest BCUT2D eigenvalue weighted by atomic mass is 16.2. The lowest BCUT2D eigenvalue weighted by molar-refractivity contribution is 0.0954. The fraction of sp³-hybridized carbons (Fsp3) is 0.409. The summed E-state index contributed by atoms with van der Waals surface area (Å²) in [6, 6.07) is 3.37. The van der Waals surface area contributed by atoms with Gasteiger partial charge in [-0.25, -0.2) is 9.08 Å². The maximum absolute atomic E-state index is 13.5. The molecule has 0 bridgehead atoms. The van der Waals surface area contributed by atoms with Crippen LogP contribution < -0.4 is 10.9 Å². The van der Waals surface area contributed by atoms with Crippen LogP contribution in [0.1, 0.15) is 49.4 Å². The van der Waals surface area contributed by atoms with E-state index in [2.05, 4.69) is 34.3 Å². The van der Waals surface area contributed by atoms with Crippen LogP contribution in [0.5, 0.6) is 0 Å². The van der Waals surface area contributed by atoms with Gasteiger partial charge in [-0.3, -0.25) is 19.3 Å². The van der Waals surface area contributed by atoms with Crippen molar-refractivity contribution in [1.82, 2.24) is 34.3 Å². The van der Waals surface area contributed by atoms with Crippen molar-refractivity contribution in [3.8, 4) is 5.82 Å². The Labute approximate surface area is 180 Å². The molecule has 0 unspecified atom stereocenters. The number of aryl methyl sites for hydroxylation is 2. The molecule has 4 rings (SSSR count). The molecule has 0 saturated carbocycles. The van der Waals surface area contributed by atoms with E-state index in [0.717, 1.165) is 17.7 Å². The van der Waals surface area contributed by atoms with Gasteiger partial charge in [0.05, 0.1) is 23.3 Å². The van der Waals surface area contributed by atoms with Crippen LogP contribution in [0.2, 0.25) is 0 Å². The number of hydrogen-bond donors (Lipinski definition) is 1. The lowest BCUT2D eigenvalue weighted by Crippen LogP contribution is -2.23. The van der Waals surface area contributed by atoms with E-state index >= 15 is 0 Å². The van der Waals surface area contributed by atoms with Gasteiger partial charge < -0.3 is 5.32 Å². The number of rotatable bonds is 4. The van der Waals surface area contributed by atoms with Crippen molar-refractivity contribution < 1.29 is 4.79 Å². The van der Waals surface area contributed by atoms with Crippen molar-refractivity contribution in [1.29, 1.82) is 0 Å². The molecule has 0 radical (unpaired) electrons. The molecule has 4 heterocycles. The fourth-order valence-corrected chi connectivity index (χ4v) is 3.60. The molecule has 0 fully saturated rings. The van der Waals surface area contributed by atoms with Gasteiger partial charge in [0, 0.05) is 31.4 Å². The molecule has 164 valence electrons. The average Bonchev–Trinajstić information content (AvgIpc) is 3.33. The molecule has 0 aliphatic heterocycles. The van der Waals surface area contributed by atoms with Crippen LogP contribution in [0.4, 0.5) is 0 Å². The van der Waals surface area contributed by atoms with Gasteiger partial charge in [-0.05, 0) is 25.3 Å². The number of nitrogens with one attached hydrogen (secondary N) is 1. The molecule has 0 aliphatic carbocycles. The van der Waals surface area contributed by atoms with E-state index in [4.69, 9.17) is 0 Å². The third-order valence-corrected chi connectivity index (χ3v) is 4.89. The number of aromatic nitrogens is 6. The highest BCUT2D eigenvalue weighted by Gasteiger charge is 2.21. The minimum Gasteiger partial charge on any atom is -0.354 e. The Kier molecular flexibility index (Phi) is 6.24. The SMILES string of the molecule is CC.CNC(=O)c1cc(-n2c(=O)c3cc(C)ncc3n3ncc(CC(C)C)c23)nn1C. The Balaban J connectivity index is 0.00000132. The van der Waals surface area contributed by atoms with Crippen molar-refractivity contribution in [2.24, 2.45) is 13.0 Å². The van der Waals surface area contributed by atoms with Crippen LogP contribution in [0, 0.1) is 12.8 Å². The van der Waals surface area contributed by atoms with E-state index in [9.17, 15) is 9.59 Å². The first-order valence-electron chi connectivity index (χ1n) is 10.5. The maximum Gasteiger partial charge on any atom is 0.269 e. The molecule has 1 amide bonds. The average molecular weight is 424 g/mol. The number of amides is 1. The Morgan fingerprint density at radius 3 is 2.55 bits per heavy atom. The van der Waals surface area contributed by atoms with Gasteiger partial charge in [0.15, 0.2) is 5.82 Å². The zero-order valence-electron chi connectivity index (χ0n) is 19.1. The molecule has 9 heteroatoms. The molecule has 1 N–H and O–H groups in total. The van der Waals surface area contributed by atoms with Crippen molar-refractivity contribution in [3.63, 3.8) is 0 Å². The number of carbonyl (C=O) groups is 1. The Morgan fingerprint density at radius 2 is 1.90 bits per heavy atom. The highest BCUT2D eigenvalue weighted by Crippen LogP contribution is 2.22. The number of carbonyl (C=O) groups excluding carboxylic acids is 1. The predicted octanol–water partition coefficient (Wildman–Crippen LogP) is 2.66. The van der Waals surface area contributed by atoms with Crippen LogP contribution in [-0.2, 0) is 13.5 Å². The largest absolute Gasteiger partial charge is 0.354 e. The zero-order valence-corrected chi connectivity index (χ0v) is 19.1. The first kappa shape index (κ1) is 22.2. The van der Waals surface area contributed by atoms with Gasteiger partial charge >= 0.3 is 0 Å². The minimum atomic E-state index is -0.271. The second-order valence-electron chi connectivity index (χ2n) is 7.58. The van der Waals surface area contributed by atoms with Gasteiger partial charge in [0.2, 0.25) is 0 Å². The van der Waals surface area contributed by atoms with Gasteiger partial charge in [-0.1, -0.05) is 27.7 Å². The van der Waals surface area contributed by atoms with Crippen LogP contribution in [0.3, 0.4) is 0 Å². The summed E-state index contributed by atoms with van der Waals surface area (Å²) in [5, 5.41) is 12.1. The fourth-order valence-electron chi connectivity index (χ4n) is 3.60. The van der Waals surface area contributed by atoms with Crippen molar-refractivity contribution in [3.05, 3.63) is 51.8 Å². The second kappa shape index (κ2) is 8.71. The molecule has 0 aliphatic rings. The predicted molar refractivity (Wildman–Crippen MR) is 121 cm³/mol. The van der Waals surface area contributed by atoms with Crippen molar-refractivity contribution >= 4 is 22.5 Å². The van der Waals surface area contributed by atoms with Gasteiger partial charge in [-0.15, -0.1) is 0 Å². The third kappa shape index (κ3) is 3.83. The molecule has 0 spiro atoms. The number of fused-ring (bicyclic) bond motifs is 3. The topological polar surface area (TPSA) is 99.1 Å². The Bertz CT molecular complexity index is 1310. The molecule has 4 aromatic rings. The van der Waals surface area contributed by atoms with Crippen LogP contribution in [-0.4, -0.2) is 41.9 Å². The summed E-state index contributed by atoms with van der Waals surface area (Å²) in [5.41, 5.74) is 3.11. The van der Waals surface area contributed by atoms with Gasteiger partial charge in [-0.2, -0.15) is 10.2 Å². The van der Waals surface area contributed by atoms with E-state index in [1.807, 2.05) is 20.8 Å². The smallest absolute Gasteiger partial charge is 0.269 e. The maximum atomic E-state index is 13.5. The van der Waals surface area contributed by atoms with Gasteiger partial charge in [0.25, 0.3) is 11.5 Å². The molecule has 0 atom stereocenters. The molecule has 9 nitrogen and oxygen atoms in total. The van der Waals surface area contributed by atoms with E-state index in [1.54, 1.807) is 47.7 Å². The lowest BCUT2D eigenvalue weighted by Gasteiger charge is -2.11. The summed E-state index contributed by atoms with van der Waals surface area (Å²) in [6.07, 6.45) is 4.21. The summed E-state index contributed by atoms with van der Waals surface area (Å²) in [7, 11) is 3.24. The lowest BCUT2D eigenvalue weighted by atomic mass is 10.1. The summed E-state index contributed by atoms with van der Waals surface area (Å²) < 4.78 is 4.74. The summed E-state index contributed by atoms with van der Waals surface area (Å²) in [4.78, 5) is 30.0. The first-order chi connectivity index (χ1) is 14.8. The van der Waals surface area contributed by atoms with E-state index in [0.29, 0.717) is 34.0 Å². The summed E-state index contributed by atoms with van der Waals surface area (Å²) in [5.74, 6) is 0.485. The zero-order chi connectivity index (χ0) is 22.9. The molecule has 0 aromatic carbocycles. The first-order valence-corrected chi connectivity index (χ1v) is 10.5. The molecular formula is C22H29N7O2. The van der Waals surface area contributed by atoms with E-state index in [1.165, 1.54) is 4.68 Å². The van der Waals surface area contributed by atoms with E-state index < -0.39 is 0 Å². The molecule has 0 saturated heterocycles. The Hall–Kier alpha value is -3.49. The normalized spacial score (nSPS) is 11.1. The third-order valence-electron chi connectivity index (χ3n) is 4.89. The van der Waals surface area contributed by atoms with Crippen molar-refractivity contribution in [2.75, 3.05) is 7.05 Å². The minimum absolute atomic E-state index is 0.218. The Morgan fingerprint density at radius 1 is 1.19 bits per heavy atom. The van der Waals surface area contributed by atoms with Gasteiger partial charge in [0.1, 0.15) is 11.3 Å². The number of hydrogen-bond acceptors (Lipinski definition) is 5. The number of nitrogens with zero attached hydrogens (tertiary/aromatic N) is 6. The second-order valence-corrected chi connectivity index (χ2v) is 7.58. The molecule has 4 aromatic heterocycles. The molecular weight excluding hydrogens is 394 g/mol. The standard InChI is InChI=1S/C20H23N7O2.C2H6/c1-11(2)6-13-9-23-27-16-10-22-12(3)7-14(16)20(29)26(19(13)27)17-8-15(18(28)21-4)25(5)24-17;1-2/h7-11H,6H2,1-5H3,(H,21,28);1-2H3. The number of pyridine rings is 1. The van der Waals surface area contributed by atoms with Crippen LogP contribution >= 0.6 is 0 Å². The van der Waals surface area contributed by atoms with Crippen LogP contribution in [0.25, 0.3) is 22.4 Å². The quantitative estimate of drug-likeness (QED) is 0.544.